The van der Waals surface area contributed by atoms with Crippen molar-refractivity contribution in [2.24, 2.45) is 0 Å². The Morgan fingerprint density at radius 1 is 1.15 bits per heavy atom. The van der Waals surface area contributed by atoms with Crippen LogP contribution in [0.3, 0.4) is 0 Å². The molecule has 7 heteroatoms. The van der Waals surface area contributed by atoms with Gasteiger partial charge in [0.05, 0.1) is 4.90 Å². The number of nitrogens with one attached hydrogen (secondary N) is 1. The van der Waals surface area contributed by atoms with Crippen LogP contribution in [0.1, 0.15) is 36.5 Å². The maximum absolute atomic E-state index is 12.8. The number of carbonyl (C=O) groups excluding carboxylic acids is 1. The second kappa shape index (κ2) is 8.06. The molecule has 0 bridgehead atoms. The maximum Gasteiger partial charge on any atom is 0.255 e. The van der Waals surface area contributed by atoms with Crippen LogP contribution in [0, 0.1) is 3.57 Å². The van der Waals surface area contributed by atoms with Gasteiger partial charge in [-0.15, -0.1) is 0 Å². The zero-order valence-electron chi connectivity index (χ0n) is 14.5. The molecule has 1 saturated heterocycles. The molecule has 1 aliphatic rings. The lowest BCUT2D eigenvalue weighted by Crippen LogP contribution is -2.41. The van der Waals surface area contributed by atoms with Gasteiger partial charge in [0.15, 0.2) is 0 Å². The van der Waals surface area contributed by atoms with E-state index in [0.717, 1.165) is 22.8 Å². The van der Waals surface area contributed by atoms with Crippen LogP contribution in [0.15, 0.2) is 53.4 Å². The molecule has 5 nitrogen and oxygen atoms in total. The van der Waals surface area contributed by atoms with Crippen LogP contribution in [0.25, 0.3) is 0 Å². The van der Waals surface area contributed by atoms with Crippen molar-refractivity contribution in [3.63, 3.8) is 0 Å². The van der Waals surface area contributed by atoms with Gasteiger partial charge in [0.2, 0.25) is 10.0 Å². The molecule has 1 fully saturated rings. The monoisotopic (exact) mass is 484 g/mol. The van der Waals surface area contributed by atoms with Gasteiger partial charge in [-0.05, 0) is 84.8 Å². The summed E-state index contributed by atoms with van der Waals surface area (Å²) in [6, 6.07) is 13.7. The number of hydrogen-bond donors (Lipinski definition) is 1. The molecule has 2 aromatic carbocycles. The van der Waals surface area contributed by atoms with Crippen molar-refractivity contribution in [1.29, 1.82) is 0 Å². The summed E-state index contributed by atoms with van der Waals surface area (Å²) in [7, 11) is -3.52. The van der Waals surface area contributed by atoms with Gasteiger partial charge >= 0.3 is 0 Å². The highest BCUT2D eigenvalue weighted by molar-refractivity contribution is 14.1. The Balaban J connectivity index is 1.76. The van der Waals surface area contributed by atoms with E-state index in [1.807, 2.05) is 31.2 Å². The third-order valence-corrected chi connectivity index (χ3v) is 7.25. The van der Waals surface area contributed by atoms with E-state index in [9.17, 15) is 13.2 Å². The first-order valence-electron chi connectivity index (χ1n) is 8.57. The van der Waals surface area contributed by atoms with Crippen LogP contribution >= 0.6 is 22.6 Å². The van der Waals surface area contributed by atoms with Crippen molar-refractivity contribution in [3.05, 3.63) is 57.7 Å². The molecule has 0 unspecified atom stereocenters. The molecular formula is C19H21IN2O3S. The maximum atomic E-state index is 12.8. The number of rotatable bonds is 4. The van der Waals surface area contributed by atoms with E-state index in [0.29, 0.717) is 17.8 Å². The second-order valence-corrected chi connectivity index (χ2v) is 9.59. The predicted molar refractivity (Wildman–Crippen MR) is 111 cm³/mol. The molecule has 2 aromatic rings. The largest absolute Gasteiger partial charge is 0.322 e. The van der Waals surface area contributed by atoms with E-state index in [-0.39, 0.29) is 16.8 Å². The molecule has 0 aromatic heterocycles. The summed E-state index contributed by atoms with van der Waals surface area (Å²) in [5.41, 5.74) is 1.13. The first-order chi connectivity index (χ1) is 12.4. The topological polar surface area (TPSA) is 66.5 Å². The number of nitrogens with zero attached hydrogens (tertiary/aromatic N) is 1. The summed E-state index contributed by atoms with van der Waals surface area (Å²) >= 11 is 2.18. The second-order valence-electron chi connectivity index (χ2n) is 6.45. The molecule has 0 saturated carbocycles. The average molecular weight is 484 g/mol. The minimum absolute atomic E-state index is 0.0114. The number of benzene rings is 2. The van der Waals surface area contributed by atoms with Crippen LogP contribution in [-0.4, -0.2) is 31.2 Å². The van der Waals surface area contributed by atoms with E-state index in [4.69, 9.17) is 0 Å². The molecule has 1 heterocycles. The lowest BCUT2D eigenvalue weighted by atomic mass is 10.1. The minimum atomic E-state index is -3.52. The van der Waals surface area contributed by atoms with E-state index in [1.165, 1.54) is 12.1 Å². The Bertz CT molecular complexity index is 897. The Morgan fingerprint density at radius 3 is 2.54 bits per heavy atom. The number of carbonyl (C=O) groups is 1. The van der Waals surface area contributed by atoms with Gasteiger partial charge < -0.3 is 5.32 Å². The Morgan fingerprint density at radius 2 is 1.88 bits per heavy atom. The fourth-order valence-electron chi connectivity index (χ4n) is 3.11. The zero-order chi connectivity index (χ0) is 18.7. The van der Waals surface area contributed by atoms with Crippen molar-refractivity contribution < 1.29 is 13.2 Å². The van der Waals surface area contributed by atoms with Gasteiger partial charge in [0.25, 0.3) is 5.91 Å². The molecule has 26 heavy (non-hydrogen) atoms. The smallest absolute Gasteiger partial charge is 0.255 e. The highest BCUT2D eigenvalue weighted by Gasteiger charge is 2.30. The Kier molecular flexibility index (Phi) is 5.99. The molecule has 1 aliphatic heterocycles. The molecular weight excluding hydrogens is 463 g/mol. The van der Waals surface area contributed by atoms with Crippen LogP contribution < -0.4 is 5.32 Å². The van der Waals surface area contributed by atoms with Gasteiger partial charge in [-0.2, -0.15) is 4.31 Å². The lowest BCUT2D eigenvalue weighted by molar-refractivity contribution is 0.102. The highest BCUT2D eigenvalue weighted by atomic mass is 127. The van der Waals surface area contributed by atoms with Crippen LogP contribution in [0.4, 0.5) is 5.69 Å². The van der Waals surface area contributed by atoms with Gasteiger partial charge in [-0.1, -0.05) is 12.5 Å². The lowest BCUT2D eigenvalue weighted by Gasteiger charge is -2.32. The third kappa shape index (κ3) is 4.27. The van der Waals surface area contributed by atoms with Crippen LogP contribution in [0.5, 0.6) is 0 Å². The van der Waals surface area contributed by atoms with E-state index in [2.05, 4.69) is 27.9 Å². The van der Waals surface area contributed by atoms with Gasteiger partial charge in [0.1, 0.15) is 0 Å². The number of piperidine rings is 1. The molecule has 0 radical (unpaired) electrons. The van der Waals surface area contributed by atoms with Gasteiger partial charge in [-0.25, -0.2) is 8.42 Å². The summed E-state index contributed by atoms with van der Waals surface area (Å²) in [5, 5.41) is 2.82. The molecule has 0 spiro atoms. The standard InChI is InChI=1S/C19H21IN2O3S/c1-14-5-2-3-12-22(14)26(24,25)18-10-8-15(9-11-18)19(23)21-17-7-4-6-16(20)13-17/h4,6-11,13-14H,2-3,5,12H2,1H3,(H,21,23)/t14-/m1/s1. The van der Waals surface area contributed by atoms with Crippen LogP contribution in [-0.2, 0) is 10.0 Å². The van der Waals surface area contributed by atoms with Crippen LogP contribution in [0.2, 0.25) is 0 Å². The Hall–Kier alpha value is -1.45. The number of sulfonamides is 1. The fraction of sp³-hybridized carbons (Fsp3) is 0.316. The number of halogens is 1. The number of amides is 1. The van der Waals surface area contributed by atoms with Gasteiger partial charge in [-0.3, -0.25) is 4.79 Å². The average Bonchev–Trinajstić information content (AvgIpc) is 2.62. The van der Waals surface area contributed by atoms with Crippen molar-refractivity contribution in [2.75, 3.05) is 11.9 Å². The summed E-state index contributed by atoms with van der Waals surface area (Å²) in [6.07, 6.45) is 2.83. The zero-order valence-corrected chi connectivity index (χ0v) is 17.5. The van der Waals surface area contributed by atoms with Crippen molar-refractivity contribution in [3.8, 4) is 0 Å². The predicted octanol–water partition coefficient (Wildman–Crippen LogP) is 4.11. The van der Waals surface area contributed by atoms with Crippen molar-refractivity contribution in [2.45, 2.75) is 37.1 Å². The SMILES string of the molecule is C[C@@H]1CCCCN1S(=O)(=O)c1ccc(C(=O)Nc2cccc(I)c2)cc1. The molecule has 1 atom stereocenters. The normalized spacial score (nSPS) is 18.5. The first-order valence-corrected chi connectivity index (χ1v) is 11.1. The summed E-state index contributed by atoms with van der Waals surface area (Å²) in [4.78, 5) is 12.6. The molecule has 0 aliphatic carbocycles. The minimum Gasteiger partial charge on any atom is -0.322 e. The number of hydrogen-bond acceptors (Lipinski definition) is 3. The summed E-state index contributed by atoms with van der Waals surface area (Å²) < 4.78 is 28.3. The first kappa shape index (κ1) is 19.3. The quantitative estimate of drug-likeness (QED) is 0.665. The van der Waals surface area contributed by atoms with E-state index < -0.39 is 10.0 Å². The summed E-state index contributed by atoms with van der Waals surface area (Å²) in [6.45, 7) is 2.50. The van der Waals surface area contributed by atoms with E-state index in [1.54, 1.807) is 16.4 Å². The molecule has 3 rings (SSSR count). The summed E-state index contributed by atoms with van der Waals surface area (Å²) in [5.74, 6) is -0.262. The molecule has 1 N–H and O–H groups in total. The van der Waals surface area contributed by atoms with E-state index >= 15 is 0 Å². The molecule has 1 amide bonds. The highest BCUT2D eigenvalue weighted by Crippen LogP contribution is 2.25. The molecule has 138 valence electrons. The number of anilines is 1. The Labute approximate surface area is 168 Å². The third-order valence-electron chi connectivity index (χ3n) is 4.55. The van der Waals surface area contributed by atoms with Gasteiger partial charge in [0, 0.05) is 27.4 Å². The van der Waals surface area contributed by atoms with Crippen molar-refractivity contribution >= 4 is 44.2 Å². The van der Waals surface area contributed by atoms with Crippen molar-refractivity contribution in [1.82, 2.24) is 4.31 Å². The fourth-order valence-corrected chi connectivity index (χ4v) is 5.35.